The first-order chi connectivity index (χ1) is 18.1. The van der Waals surface area contributed by atoms with Crippen LogP contribution < -0.4 is 4.74 Å². The summed E-state index contributed by atoms with van der Waals surface area (Å²) in [5.41, 5.74) is 7.26. The summed E-state index contributed by atoms with van der Waals surface area (Å²) < 4.78 is 6.63. The quantitative estimate of drug-likeness (QED) is 0.294. The van der Waals surface area contributed by atoms with Crippen LogP contribution in [0.2, 0.25) is 5.02 Å². The van der Waals surface area contributed by atoms with Gasteiger partial charge < -0.3 is 9.72 Å². The first kappa shape index (κ1) is 25.5. The van der Waals surface area contributed by atoms with Crippen molar-refractivity contribution in [1.29, 1.82) is 0 Å². The van der Waals surface area contributed by atoms with Gasteiger partial charge in [-0.15, -0.1) is 0 Å². The maximum absolute atomic E-state index is 6.63. The Hall–Kier alpha value is -2.79. The minimum atomic E-state index is -0.321. The predicted molar refractivity (Wildman–Crippen MR) is 160 cm³/mol. The lowest BCUT2D eigenvalue weighted by molar-refractivity contribution is 0.117. The van der Waals surface area contributed by atoms with Crippen LogP contribution in [0.25, 0.3) is 27.9 Å². The number of piperazine rings is 1. The summed E-state index contributed by atoms with van der Waals surface area (Å²) in [5.74, 6) is 1.02. The van der Waals surface area contributed by atoms with Gasteiger partial charge in [0.1, 0.15) is 11.4 Å². The molecule has 0 unspecified atom stereocenters. The highest BCUT2D eigenvalue weighted by atomic mass is 35.5. The van der Waals surface area contributed by atoms with Crippen molar-refractivity contribution in [3.8, 4) is 5.75 Å². The molecular weight excluding hydrogens is 490 g/mol. The summed E-state index contributed by atoms with van der Waals surface area (Å²) in [4.78, 5) is 8.83. The number of benzene rings is 3. The molecule has 1 aromatic heterocycles. The zero-order valence-corrected chi connectivity index (χ0v) is 24.0. The van der Waals surface area contributed by atoms with Gasteiger partial charge in [-0.1, -0.05) is 50.6 Å². The highest BCUT2D eigenvalue weighted by Crippen LogP contribution is 2.42. The van der Waals surface area contributed by atoms with Crippen LogP contribution in [0.15, 0.2) is 54.6 Å². The number of hydrogen-bond donors (Lipinski definition) is 1. The average molecular weight is 528 g/mol. The molecule has 0 radical (unpaired) electrons. The maximum Gasteiger partial charge on any atom is 0.134 e. The molecular formula is C33H38ClN3O. The molecule has 4 nitrogen and oxygen atoms in total. The first-order valence-corrected chi connectivity index (χ1v) is 14.1. The van der Waals surface area contributed by atoms with E-state index in [9.17, 15) is 0 Å². The van der Waals surface area contributed by atoms with Crippen molar-refractivity contribution in [3.63, 3.8) is 0 Å². The molecule has 3 aromatic carbocycles. The lowest BCUT2D eigenvalue weighted by Gasteiger charge is -2.36. The number of nitrogens with one attached hydrogen (secondary N) is 1. The van der Waals surface area contributed by atoms with Crippen LogP contribution >= 0.6 is 11.6 Å². The molecule has 0 saturated carbocycles. The molecule has 3 heterocycles. The molecule has 0 atom stereocenters. The van der Waals surface area contributed by atoms with Gasteiger partial charge in [-0.2, -0.15) is 0 Å². The van der Waals surface area contributed by atoms with Crippen molar-refractivity contribution in [2.24, 2.45) is 0 Å². The van der Waals surface area contributed by atoms with E-state index in [1.165, 1.54) is 44.1 Å². The van der Waals surface area contributed by atoms with E-state index in [0.717, 1.165) is 50.0 Å². The number of fused-ring (bicyclic) bond motifs is 5. The van der Waals surface area contributed by atoms with E-state index in [1.807, 2.05) is 12.1 Å². The Bertz CT molecular complexity index is 1520. The van der Waals surface area contributed by atoms with Gasteiger partial charge >= 0.3 is 0 Å². The number of nitrogens with zero attached hydrogens (tertiary/aromatic N) is 2. The fourth-order valence-electron chi connectivity index (χ4n) is 5.74. The molecule has 38 heavy (non-hydrogen) atoms. The van der Waals surface area contributed by atoms with Gasteiger partial charge in [0.15, 0.2) is 0 Å². The van der Waals surface area contributed by atoms with Crippen molar-refractivity contribution >= 4 is 39.5 Å². The number of aromatic nitrogens is 1. The van der Waals surface area contributed by atoms with Crippen molar-refractivity contribution in [1.82, 2.24) is 14.8 Å². The maximum atomic E-state index is 6.63. The second-order valence-electron chi connectivity index (χ2n) is 12.6. The van der Waals surface area contributed by atoms with Crippen LogP contribution in [0.4, 0.5) is 0 Å². The van der Waals surface area contributed by atoms with Crippen LogP contribution in [-0.4, -0.2) is 46.6 Å². The number of aromatic amines is 1. The number of hydrogen-bond acceptors (Lipinski definition) is 3. The summed E-state index contributed by atoms with van der Waals surface area (Å²) in [6, 6.07) is 17.5. The van der Waals surface area contributed by atoms with Gasteiger partial charge in [0.05, 0.1) is 5.52 Å². The minimum absolute atomic E-state index is 0.105. The van der Waals surface area contributed by atoms with Crippen LogP contribution in [0.1, 0.15) is 56.9 Å². The van der Waals surface area contributed by atoms with Gasteiger partial charge in [0.2, 0.25) is 0 Å². The van der Waals surface area contributed by atoms with E-state index >= 15 is 0 Å². The zero-order valence-electron chi connectivity index (χ0n) is 23.2. The van der Waals surface area contributed by atoms with Crippen molar-refractivity contribution in [2.75, 3.05) is 26.2 Å². The highest BCUT2D eigenvalue weighted by molar-refractivity contribution is 6.30. The molecule has 2 aliphatic rings. The first-order valence-electron chi connectivity index (χ1n) is 13.7. The molecule has 1 saturated heterocycles. The third-order valence-electron chi connectivity index (χ3n) is 8.02. The van der Waals surface area contributed by atoms with Crippen molar-refractivity contribution in [2.45, 2.75) is 58.7 Å². The molecule has 2 aliphatic heterocycles. The minimum Gasteiger partial charge on any atom is -0.483 e. The number of rotatable bonds is 4. The monoisotopic (exact) mass is 527 g/mol. The van der Waals surface area contributed by atoms with E-state index in [4.69, 9.17) is 16.3 Å². The topological polar surface area (TPSA) is 31.5 Å². The molecule has 0 aliphatic carbocycles. The number of ether oxygens (including phenoxy) is 1. The van der Waals surface area contributed by atoms with Crippen molar-refractivity contribution in [3.05, 3.63) is 81.9 Å². The standard InChI is InChI=1S/C33H38ClN3O/c1-32(2,3)24-8-11-29-27(19-24)28-18-23(31-26(30(28)35-29)12-13-33(4,5)38-31)21-37-16-14-36(15-17-37)20-22-6-9-25(34)10-7-22/h6-13,18-19,35H,14-17,20-21H2,1-5H3. The Balaban J connectivity index is 1.31. The largest absolute Gasteiger partial charge is 0.483 e. The van der Waals surface area contributed by atoms with Crippen molar-refractivity contribution < 1.29 is 4.74 Å². The third-order valence-corrected chi connectivity index (χ3v) is 8.28. The fourth-order valence-corrected chi connectivity index (χ4v) is 5.87. The Morgan fingerprint density at radius 3 is 2.26 bits per heavy atom. The second kappa shape index (κ2) is 9.44. The Morgan fingerprint density at radius 2 is 1.58 bits per heavy atom. The summed E-state index contributed by atoms with van der Waals surface area (Å²) in [7, 11) is 0. The summed E-state index contributed by atoms with van der Waals surface area (Å²) in [6.07, 6.45) is 4.44. The normalized spacial score (nSPS) is 18.2. The predicted octanol–water partition coefficient (Wildman–Crippen LogP) is 7.77. The van der Waals surface area contributed by atoms with E-state index in [1.54, 1.807) is 0 Å². The van der Waals surface area contributed by atoms with E-state index in [-0.39, 0.29) is 11.0 Å². The van der Waals surface area contributed by atoms with Crippen LogP contribution in [-0.2, 0) is 18.5 Å². The average Bonchev–Trinajstić information content (AvgIpc) is 3.23. The van der Waals surface area contributed by atoms with Gasteiger partial charge in [-0.3, -0.25) is 9.80 Å². The van der Waals surface area contributed by atoms with Gasteiger partial charge in [-0.05, 0) is 72.9 Å². The number of H-pyrrole nitrogens is 1. The Kier molecular flexibility index (Phi) is 6.33. The highest BCUT2D eigenvalue weighted by Gasteiger charge is 2.28. The lowest BCUT2D eigenvalue weighted by Crippen LogP contribution is -2.45. The van der Waals surface area contributed by atoms with E-state index < -0.39 is 0 Å². The molecule has 4 aromatic rings. The molecule has 5 heteroatoms. The van der Waals surface area contributed by atoms with Gasteiger partial charge in [-0.25, -0.2) is 0 Å². The molecule has 6 rings (SSSR count). The Morgan fingerprint density at radius 1 is 0.895 bits per heavy atom. The molecule has 0 amide bonds. The van der Waals surface area contributed by atoms with E-state index in [0.29, 0.717) is 0 Å². The summed E-state index contributed by atoms with van der Waals surface area (Å²) >= 11 is 6.07. The van der Waals surface area contributed by atoms with Gasteiger partial charge in [0, 0.05) is 71.7 Å². The molecule has 1 N–H and O–H groups in total. The van der Waals surface area contributed by atoms with Crippen LogP contribution in [0, 0.1) is 0 Å². The molecule has 198 valence electrons. The van der Waals surface area contributed by atoms with Crippen LogP contribution in [0.5, 0.6) is 5.75 Å². The van der Waals surface area contributed by atoms with Crippen LogP contribution in [0.3, 0.4) is 0 Å². The van der Waals surface area contributed by atoms with Gasteiger partial charge in [0.25, 0.3) is 0 Å². The smallest absolute Gasteiger partial charge is 0.134 e. The summed E-state index contributed by atoms with van der Waals surface area (Å²) in [6.45, 7) is 17.2. The number of halogens is 1. The fraction of sp³-hybridized carbons (Fsp3) is 0.394. The second-order valence-corrected chi connectivity index (χ2v) is 13.0. The molecule has 1 fully saturated rings. The molecule has 0 spiro atoms. The lowest BCUT2D eigenvalue weighted by atomic mass is 9.86. The van der Waals surface area contributed by atoms with E-state index in [2.05, 4.69) is 98.0 Å². The molecule has 0 bridgehead atoms. The SMILES string of the molecule is CC1(C)C=Cc2c(c(CN3CCN(Cc4ccc(Cl)cc4)CC3)cc3c2[nH]c2ccc(C(C)(C)C)cc23)O1. The third kappa shape index (κ3) is 4.98. The zero-order chi connectivity index (χ0) is 26.7. The Labute approximate surface area is 231 Å². The summed E-state index contributed by atoms with van der Waals surface area (Å²) in [5, 5.41) is 3.38.